The van der Waals surface area contributed by atoms with Gasteiger partial charge >= 0.3 is 5.97 Å². The maximum Gasteiger partial charge on any atom is 0.328 e. The first kappa shape index (κ1) is 19.3. The summed E-state index contributed by atoms with van der Waals surface area (Å²) in [5.74, 6) is -0.0969. The number of H-pyrrole nitrogens is 2. The van der Waals surface area contributed by atoms with E-state index in [1.165, 1.54) is 4.68 Å². The third kappa shape index (κ3) is 3.41. The summed E-state index contributed by atoms with van der Waals surface area (Å²) < 4.78 is 7.21. The van der Waals surface area contributed by atoms with Crippen molar-refractivity contribution >= 4 is 17.1 Å². The maximum absolute atomic E-state index is 12.2. The highest BCUT2D eigenvalue weighted by Crippen LogP contribution is 2.33. The van der Waals surface area contributed by atoms with Crippen LogP contribution in [0.2, 0.25) is 0 Å². The molecule has 0 spiro atoms. The SMILES string of the molecule is CCOc1cc(-c2cnn(C(CC)C(=O)O)c2)ccc1-c1nc2[nH]nnc2c(=O)[nH]1. The Balaban J connectivity index is 1.76. The predicted octanol–water partition coefficient (Wildman–Crippen LogP) is 2.01. The molecule has 3 heterocycles. The summed E-state index contributed by atoms with van der Waals surface area (Å²) >= 11 is 0. The molecule has 3 N–H and O–H groups in total. The fourth-order valence-corrected chi connectivity index (χ4v) is 3.19. The summed E-state index contributed by atoms with van der Waals surface area (Å²) in [4.78, 5) is 30.7. The molecule has 0 fully saturated rings. The maximum atomic E-state index is 12.2. The monoisotopic (exact) mass is 409 g/mol. The average Bonchev–Trinajstić information content (AvgIpc) is 3.38. The highest BCUT2D eigenvalue weighted by atomic mass is 16.5. The van der Waals surface area contributed by atoms with Crippen LogP contribution in [0.1, 0.15) is 26.3 Å². The largest absolute Gasteiger partial charge is 0.493 e. The molecular formula is C19H19N7O4. The molecule has 154 valence electrons. The van der Waals surface area contributed by atoms with Crippen LogP contribution in [0.15, 0.2) is 35.4 Å². The lowest BCUT2D eigenvalue weighted by Gasteiger charge is -2.12. The molecule has 1 unspecified atom stereocenters. The quantitative estimate of drug-likeness (QED) is 0.419. The molecule has 1 atom stereocenters. The van der Waals surface area contributed by atoms with Crippen molar-refractivity contribution in [3.8, 4) is 28.3 Å². The van der Waals surface area contributed by atoms with Gasteiger partial charge in [0.1, 0.15) is 17.6 Å². The molecule has 30 heavy (non-hydrogen) atoms. The minimum absolute atomic E-state index is 0.129. The van der Waals surface area contributed by atoms with Gasteiger partial charge in [0.25, 0.3) is 5.56 Å². The van der Waals surface area contributed by atoms with Crippen molar-refractivity contribution in [3.63, 3.8) is 0 Å². The van der Waals surface area contributed by atoms with Crippen LogP contribution in [0.25, 0.3) is 33.7 Å². The molecule has 1 aromatic carbocycles. The van der Waals surface area contributed by atoms with Crippen molar-refractivity contribution < 1.29 is 14.6 Å². The molecule has 0 saturated carbocycles. The first-order valence-electron chi connectivity index (χ1n) is 9.37. The molecule has 0 aliphatic carbocycles. The zero-order chi connectivity index (χ0) is 21.3. The van der Waals surface area contributed by atoms with Crippen LogP contribution in [-0.4, -0.2) is 52.8 Å². The smallest absolute Gasteiger partial charge is 0.328 e. The van der Waals surface area contributed by atoms with E-state index in [-0.39, 0.29) is 11.2 Å². The number of benzene rings is 1. The lowest BCUT2D eigenvalue weighted by molar-refractivity contribution is -0.141. The molecule has 0 radical (unpaired) electrons. The van der Waals surface area contributed by atoms with Gasteiger partial charge < -0.3 is 14.8 Å². The Kier molecular flexibility index (Phi) is 5.00. The number of nitrogens with zero attached hydrogens (tertiary/aromatic N) is 5. The van der Waals surface area contributed by atoms with E-state index in [9.17, 15) is 14.7 Å². The molecule has 4 rings (SSSR count). The number of fused-ring (bicyclic) bond motifs is 1. The molecule has 3 aromatic heterocycles. The minimum atomic E-state index is -0.934. The van der Waals surface area contributed by atoms with Gasteiger partial charge in [-0.1, -0.05) is 18.2 Å². The van der Waals surface area contributed by atoms with E-state index in [2.05, 4.69) is 30.5 Å². The Morgan fingerprint density at radius 1 is 1.30 bits per heavy atom. The van der Waals surface area contributed by atoms with Gasteiger partial charge in [0, 0.05) is 11.8 Å². The second kappa shape index (κ2) is 7.78. The van der Waals surface area contributed by atoms with E-state index in [4.69, 9.17) is 4.74 Å². The third-order valence-corrected chi connectivity index (χ3v) is 4.66. The van der Waals surface area contributed by atoms with Gasteiger partial charge in [0.05, 0.1) is 18.4 Å². The Bertz CT molecular complexity index is 1270. The minimum Gasteiger partial charge on any atom is -0.493 e. The number of carboxylic acid groups (broad SMARTS) is 1. The van der Waals surface area contributed by atoms with Gasteiger partial charge in [-0.3, -0.25) is 9.48 Å². The molecule has 11 heteroatoms. The number of ether oxygens (including phenoxy) is 1. The topological polar surface area (TPSA) is 152 Å². The van der Waals surface area contributed by atoms with Crippen molar-refractivity contribution in [2.75, 3.05) is 6.61 Å². The van der Waals surface area contributed by atoms with Crippen molar-refractivity contribution in [1.82, 2.24) is 35.2 Å². The van der Waals surface area contributed by atoms with Gasteiger partial charge in [-0.25, -0.2) is 14.9 Å². The summed E-state index contributed by atoms with van der Waals surface area (Å²) in [7, 11) is 0. The van der Waals surface area contributed by atoms with E-state index in [0.29, 0.717) is 30.2 Å². The van der Waals surface area contributed by atoms with Crippen LogP contribution in [0.5, 0.6) is 5.75 Å². The number of aliphatic carboxylic acids is 1. The highest BCUT2D eigenvalue weighted by molar-refractivity contribution is 5.76. The van der Waals surface area contributed by atoms with Crippen LogP contribution in [0.4, 0.5) is 0 Å². The second-order valence-electron chi connectivity index (χ2n) is 6.54. The lowest BCUT2D eigenvalue weighted by Crippen LogP contribution is -2.18. The van der Waals surface area contributed by atoms with Crippen LogP contribution in [0.3, 0.4) is 0 Å². The molecule has 0 amide bonds. The van der Waals surface area contributed by atoms with Crippen molar-refractivity contribution in [3.05, 3.63) is 40.9 Å². The molecule has 0 aliphatic rings. The Labute approximate surface area is 169 Å². The van der Waals surface area contributed by atoms with Crippen LogP contribution in [-0.2, 0) is 4.79 Å². The fraction of sp³-hybridized carbons (Fsp3) is 0.263. The van der Waals surface area contributed by atoms with Crippen LogP contribution >= 0.6 is 0 Å². The second-order valence-corrected chi connectivity index (χ2v) is 6.54. The normalized spacial score (nSPS) is 12.2. The van der Waals surface area contributed by atoms with E-state index >= 15 is 0 Å². The zero-order valence-electron chi connectivity index (χ0n) is 16.3. The van der Waals surface area contributed by atoms with Crippen molar-refractivity contribution in [1.29, 1.82) is 0 Å². The van der Waals surface area contributed by atoms with E-state index < -0.39 is 17.6 Å². The Morgan fingerprint density at radius 3 is 2.87 bits per heavy atom. The van der Waals surface area contributed by atoms with Crippen molar-refractivity contribution in [2.45, 2.75) is 26.3 Å². The average molecular weight is 409 g/mol. The van der Waals surface area contributed by atoms with E-state index in [1.807, 2.05) is 13.0 Å². The van der Waals surface area contributed by atoms with Crippen LogP contribution < -0.4 is 10.3 Å². The van der Waals surface area contributed by atoms with Gasteiger partial charge in [-0.2, -0.15) is 5.10 Å². The number of hydrogen-bond donors (Lipinski definition) is 3. The molecule has 4 aromatic rings. The standard InChI is InChI=1S/C19H19N7O4/c1-3-13(19(28)29)26-9-11(8-20-26)10-5-6-12(14(7-10)30-4-2)16-21-17-15(18(27)22-16)23-25-24-17/h5-9,13H,3-4H2,1-2H3,(H,28,29)(H2,21,22,23,24,25,27). The number of aromatic nitrogens is 7. The number of carboxylic acids is 1. The third-order valence-electron chi connectivity index (χ3n) is 4.66. The molecule has 0 saturated heterocycles. The van der Waals surface area contributed by atoms with Crippen molar-refractivity contribution in [2.24, 2.45) is 0 Å². The molecule has 11 nitrogen and oxygen atoms in total. The van der Waals surface area contributed by atoms with Gasteiger partial charge in [0.2, 0.25) is 0 Å². The number of nitrogens with one attached hydrogen (secondary N) is 2. The van der Waals surface area contributed by atoms with E-state index in [1.54, 1.807) is 31.5 Å². The molecule has 0 aliphatic heterocycles. The first-order chi connectivity index (χ1) is 14.5. The molecular weight excluding hydrogens is 390 g/mol. The first-order valence-corrected chi connectivity index (χ1v) is 9.37. The van der Waals surface area contributed by atoms with E-state index in [0.717, 1.165) is 11.1 Å². The van der Waals surface area contributed by atoms with Crippen LogP contribution in [0, 0.1) is 0 Å². The lowest BCUT2D eigenvalue weighted by atomic mass is 10.1. The van der Waals surface area contributed by atoms with Gasteiger partial charge in [0.15, 0.2) is 11.2 Å². The molecule has 0 bridgehead atoms. The summed E-state index contributed by atoms with van der Waals surface area (Å²) in [6.07, 6.45) is 3.72. The highest BCUT2D eigenvalue weighted by Gasteiger charge is 2.19. The Hall–Kier alpha value is -4.02. The summed E-state index contributed by atoms with van der Waals surface area (Å²) in [5.41, 5.74) is 2.14. The Morgan fingerprint density at radius 2 is 2.13 bits per heavy atom. The predicted molar refractivity (Wildman–Crippen MR) is 107 cm³/mol. The number of aromatic amines is 2. The number of hydrogen-bond acceptors (Lipinski definition) is 7. The van der Waals surface area contributed by atoms with Gasteiger partial charge in [-0.15, -0.1) is 5.10 Å². The summed E-state index contributed by atoms with van der Waals surface area (Å²) in [6.45, 7) is 4.05. The summed E-state index contributed by atoms with van der Waals surface area (Å²) in [6, 6.07) is 4.68. The number of rotatable bonds is 7. The summed E-state index contributed by atoms with van der Waals surface area (Å²) in [5, 5.41) is 23.4. The fourth-order valence-electron chi connectivity index (χ4n) is 3.19. The van der Waals surface area contributed by atoms with Gasteiger partial charge in [-0.05, 0) is 31.0 Å². The number of carbonyl (C=O) groups is 1. The zero-order valence-corrected chi connectivity index (χ0v) is 16.3.